The van der Waals surface area contributed by atoms with Crippen molar-refractivity contribution >= 4 is 33.4 Å². The van der Waals surface area contributed by atoms with Gasteiger partial charge in [0, 0.05) is 4.70 Å². The lowest BCUT2D eigenvalue weighted by Crippen LogP contribution is -2.01. The molecule has 0 N–H and O–H groups in total. The minimum atomic E-state index is -0.387. The minimum Gasteiger partial charge on any atom is -0.465 e. The fraction of sp³-hybridized carbons (Fsp3) is 0.231. The molecule has 2 aromatic rings. The van der Waals surface area contributed by atoms with Gasteiger partial charge in [0.05, 0.1) is 19.8 Å². The molecule has 1 aromatic carbocycles. The molecular weight excluding hydrogens is 252 g/mol. The summed E-state index contributed by atoms with van der Waals surface area (Å²) >= 11 is 1.36. The van der Waals surface area contributed by atoms with E-state index in [4.69, 9.17) is 4.74 Å². The van der Waals surface area contributed by atoms with E-state index in [1.54, 1.807) is 12.1 Å². The maximum atomic E-state index is 11.6. The van der Waals surface area contributed by atoms with E-state index in [1.165, 1.54) is 25.6 Å². The summed E-state index contributed by atoms with van der Waals surface area (Å²) in [6, 6.07) is 5.23. The van der Waals surface area contributed by atoms with Gasteiger partial charge in [0.25, 0.3) is 0 Å². The second-order valence-electron chi connectivity index (χ2n) is 3.75. The van der Waals surface area contributed by atoms with Crippen LogP contribution in [0.4, 0.5) is 0 Å². The highest BCUT2D eigenvalue weighted by molar-refractivity contribution is 7.21. The van der Waals surface area contributed by atoms with E-state index in [0.29, 0.717) is 10.4 Å². The molecule has 0 spiro atoms. The Hall–Kier alpha value is -1.88. The Morgan fingerprint density at radius 2 is 1.78 bits per heavy atom. The van der Waals surface area contributed by atoms with Gasteiger partial charge in [-0.05, 0) is 36.1 Å². The molecule has 0 aliphatic heterocycles. The van der Waals surface area contributed by atoms with Gasteiger partial charge in [0.1, 0.15) is 4.88 Å². The number of aryl methyl sites for hydroxylation is 1. The molecule has 18 heavy (non-hydrogen) atoms. The number of benzene rings is 1. The van der Waals surface area contributed by atoms with Gasteiger partial charge in [-0.25, -0.2) is 9.59 Å². The SMILES string of the molecule is COC(=O)c1ccc2sc(C(=O)OC)c(C)c2c1. The van der Waals surface area contributed by atoms with Crippen LogP contribution in [0.2, 0.25) is 0 Å². The lowest BCUT2D eigenvalue weighted by Gasteiger charge is -1.99. The smallest absolute Gasteiger partial charge is 0.348 e. The number of ether oxygens (including phenoxy) is 2. The number of hydrogen-bond donors (Lipinski definition) is 0. The van der Waals surface area contributed by atoms with Gasteiger partial charge in [-0.3, -0.25) is 0 Å². The average molecular weight is 264 g/mol. The first-order valence-corrected chi connectivity index (χ1v) is 6.10. The monoisotopic (exact) mass is 264 g/mol. The molecule has 0 aliphatic rings. The van der Waals surface area contributed by atoms with Gasteiger partial charge < -0.3 is 9.47 Å². The van der Waals surface area contributed by atoms with Crippen molar-refractivity contribution in [2.45, 2.75) is 6.92 Å². The summed E-state index contributed by atoms with van der Waals surface area (Å²) in [6.07, 6.45) is 0. The van der Waals surface area contributed by atoms with Crippen molar-refractivity contribution in [2.75, 3.05) is 14.2 Å². The Balaban J connectivity index is 2.60. The molecular formula is C13H12O4S. The van der Waals surface area contributed by atoms with Crippen LogP contribution in [0.3, 0.4) is 0 Å². The molecule has 94 valence electrons. The highest BCUT2D eigenvalue weighted by Crippen LogP contribution is 2.32. The number of fused-ring (bicyclic) bond motifs is 1. The van der Waals surface area contributed by atoms with Crippen molar-refractivity contribution in [3.63, 3.8) is 0 Å². The third-order valence-electron chi connectivity index (χ3n) is 2.73. The van der Waals surface area contributed by atoms with Gasteiger partial charge in [0.2, 0.25) is 0 Å². The third kappa shape index (κ3) is 1.97. The summed E-state index contributed by atoms with van der Waals surface area (Å²) in [5.74, 6) is -0.740. The van der Waals surface area contributed by atoms with E-state index in [2.05, 4.69) is 4.74 Å². The van der Waals surface area contributed by atoms with E-state index in [-0.39, 0.29) is 11.9 Å². The van der Waals surface area contributed by atoms with E-state index < -0.39 is 0 Å². The van der Waals surface area contributed by atoms with Crippen molar-refractivity contribution in [3.05, 3.63) is 34.2 Å². The zero-order valence-electron chi connectivity index (χ0n) is 10.3. The van der Waals surface area contributed by atoms with Gasteiger partial charge >= 0.3 is 11.9 Å². The van der Waals surface area contributed by atoms with Crippen LogP contribution in [-0.4, -0.2) is 26.2 Å². The molecule has 5 heteroatoms. The fourth-order valence-electron chi connectivity index (χ4n) is 1.75. The topological polar surface area (TPSA) is 52.6 Å². The Morgan fingerprint density at radius 3 is 2.39 bits per heavy atom. The molecule has 1 aromatic heterocycles. The van der Waals surface area contributed by atoms with Crippen LogP contribution in [0.25, 0.3) is 10.1 Å². The molecule has 0 atom stereocenters. The first-order chi connectivity index (χ1) is 8.58. The number of esters is 2. The molecule has 0 bridgehead atoms. The van der Waals surface area contributed by atoms with E-state index in [9.17, 15) is 9.59 Å². The largest absolute Gasteiger partial charge is 0.465 e. The standard InChI is InChI=1S/C13H12O4S/c1-7-9-6-8(12(14)16-2)4-5-10(9)18-11(7)13(15)17-3/h4-6H,1-3H3. The molecule has 0 radical (unpaired) electrons. The van der Waals surface area contributed by atoms with Crippen molar-refractivity contribution in [1.82, 2.24) is 0 Å². The maximum Gasteiger partial charge on any atom is 0.348 e. The highest BCUT2D eigenvalue weighted by Gasteiger charge is 2.17. The first-order valence-electron chi connectivity index (χ1n) is 5.28. The minimum absolute atomic E-state index is 0.353. The number of rotatable bonds is 2. The number of carbonyl (C=O) groups is 2. The van der Waals surface area contributed by atoms with Crippen LogP contribution in [0, 0.1) is 6.92 Å². The van der Waals surface area contributed by atoms with Crippen LogP contribution in [0.15, 0.2) is 18.2 Å². The number of thiophene rings is 1. The highest BCUT2D eigenvalue weighted by atomic mass is 32.1. The van der Waals surface area contributed by atoms with E-state index in [0.717, 1.165) is 15.6 Å². The van der Waals surface area contributed by atoms with Crippen LogP contribution < -0.4 is 0 Å². The average Bonchev–Trinajstić information content (AvgIpc) is 2.74. The predicted molar refractivity (Wildman–Crippen MR) is 69.2 cm³/mol. The maximum absolute atomic E-state index is 11.6. The molecule has 0 saturated carbocycles. The summed E-state index contributed by atoms with van der Waals surface area (Å²) in [5, 5.41) is 0.878. The van der Waals surface area contributed by atoms with Gasteiger partial charge in [-0.1, -0.05) is 0 Å². The third-order valence-corrected chi connectivity index (χ3v) is 3.98. The second-order valence-corrected chi connectivity index (χ2v) is 4.80. The molecule has 0 fully saturated rings. The summed E-state index contributed by atoms with van der Waals surface area (Å²) in [4.78, 5) is 23.6. The zero-order valence-corrected chi connectivity index (χ0v) is 11.1. The van der Waals surface area contributed by atoms with Gasteiger partial charge in [-0.2, -0.15) is 0 Å². The zero-order chi connectivity index (χ0) is 13.3. The summed E-state index contributed by atoms with van der Waals surface area (Å²) in [7, 11) is 2.69. The normalized spacial score (nSPS) is 10.4. The molecule has 4 nitrogen and oxygen atoms in total. The number of hydrogen-bond acceptors (Lipinski definition) is 5. The van der Waals surface area contributed by atoms with Crippen molar-refractivity contribution in [3.8, 4) is 0 Å². The predicted octanol–water partition coefficient (Wildman–Crippen LogP) is 2.78. The first kappa shape index (κ1) is 12.6. The summed E-state index contributed by atoms with van der Waals surface area (Å²) < 4.78 is 10.3. The Labute approximate surface area is 108 Å². The number of methoxy groups -OCH3 is 2. The van der Waals surface area contributed by atoms with E-state index >= 15 is 0 Å². The summed E-state index contributed by atoms with van der Waals surface area (Å²) in [5.41, 5.74) is 1.30. The second kappa shape index (κ2) is 4.78. The van der Waals surface area contributed by atoms with Crippen LogP contribution in [0.5, 0.6) is 0 Å². The Bertz CT molecular complexity index is 627. The number of carbonyl (C=O) groups excluding carboxylic acids is 2. The van der Waals surface area contributed by atoms with Gasteiger partial charge in [0.15, 0.2) is 0 Å². The molecule has 0 saturated heterocycles. The van der Waals surface area contributed by atoms with Crippen LogP contribution in [0.1, 0.15) is 25.6 Å². The molecule has 0 aliphatic carbocycles. The Morgan fingerprint density at radius 1 is 1.11 bits per heavy atom. The lowest BCUT2D eigenvalue weighted by atomic mass is 10.1. The molecule has 2 rings (SSSR count). The lowest BCUT2D eigenvalue weighted by molar-refractivity contribution is 0.0594. The van der Waals surface area contributed by atoms with Crippen molar-refractivity contribution in [1.29, 1.82) is 0 Å². The van der Waals surface area contributed by atoms with E-state index in [1.807, 2.05) is 13.0 Å². The quantitative estimate of drug-likeness (QED) is 0.783. The fourth-order valence-corrected chi connectivity index (χ4v) is 2.86. The molecule has 0 amide bonds. The van der Waals surface area contributed by atoms with Crippen molar-refractivity contribution in [2.24, 2.45) is 0 Å². The van der Waals surface area contributed by atoms with Gasteiger partial charge in [-0.15, -0.1) is 11.3 Å². The summed E-state index contributed by atoms with van der Waals surface area (Å²) in [6.45, 7) is 1.84. The van der Waals surface area contributed by atoms with Crippen LogP contribution in [-0.2, 0) is 9.47 Å². The Kier molecular flexibility index (Phi) is 3.34. The molecule has 0 unspecified atom stereocenters. The molecule has 1 heterocycles. The van der Waals surface area contributed by atoms with Crippen LogP contribution >= 0.6 is 11.3 Å². The van der Waals surface area contributed by atoms with Crippen molar-refractivity contribution < 1.29 is 19.1 Å².